The normalized spacial score (nSPS) is 11.0. The van der Waals surface area contributed by atoms with Crippen LogP contribution in [0.4, 0.5) is 0 Å². The van der Waals surface area contributed by atoms with E-state index in [2.05, 4.69) is 11.1 Å². The highest BCUT2D eigenvalue weighted by Gasteiger charge is 2.24. The summed E-state index contributed by atoms with van der Waals surface area (Å²) in [5.41, 5.74) is 3.35. The van der Waals surface area contributed by atoms with Crippen LogP contribution in [0.3, 0.4) is 0 Å². The van der Waals surface area contributed by atoms with Crippen LogP contribution in [0.1, 0.15) is 21.5 Å². The van der Waals surface area contributed by atoms with Crippen LogP contribution in [0.5, 0.6) is 5.75 Å². The molecule has 0 atom stereocenters. The Balaban J connectivity index is 1.58. The van der Waals surface area contributed by atoms with Crippen molar-refractivity contribution in [2.24, 2.45) is 0 Å². The van der Waals surface area contributed by atoms with Crippen LogP contribution in [0.15, 0.2) is 72.9 Å². The maximum atomic E-state index is 13.8. The molecule has 0 fully saturated rings. The van der Waals surface area contributed by atoms with Crippen molar-refractivity contribution in [2.45, 2.75) is 13.0 Å². The minimum absolute atomic E-state index is 0.130. The van der Waals surface area contributed by atoms with Gasteiger partial charge in [0.05, 0.1) is 13.7 Å². The number of para-hydroxylation sites is 2. The molecule has 7 nitrogen and oxygen atoms in total. The number of carbonyl (C=O) groups excluding carboxylic acids is 2. The van der Waals surface area contributed by atoms with E-state index in [4.69, 9.17) is 32.7 Å². The Bertz CT molecular complexity index is 1420. The molecule has 0 radical (unpaired) electrons. The van der Waals surface area contributed by atoms with Crippen LogP contribution in [-0.2, 0) is 22.5 Å². The van der Waals surface area contributed by atoms with Gasteiger partial charge in [0.25, 0.3) is 5.91 Å². The van der Waals surface area contributed by atoms with Gasteiger partial charge in [-0.3, -0.25) is 9.59 Å². The molecule has 0 bridgehead atoms. The summed E-state index contributed by atoms with van der Waals surface area (Å²) in [7, 11) is 3.16. The van der Waals surface area contributed by atoms with Crippen LogP contribution in [-0.4, -0.2) is 67.1 Å². The van der Waals surface area contributed by atoms with Gasteiger partial charge in [-0.2, -0.15) is 0 Å². The van der Waals surface area contributed by atoms with Crippen molar-refractivity contribution in [3.05, 3.63) is 99.7 Å². The first kappa shape index (κ1) is 28.5. The van der Waals surface area contributed by atoms with Crippen molar-refractivity contribution in [1.82, 2.24) is 14.8 Å². The van der Waals surface area contributed by atoms with E-state index in [1.807, 2.05) is 48.7 Å². The minimum Gasteiger partial charge on any atom is -0.496 e. The monoisotopic (exact) mass is 567 g/mol. The van der Waals surface area contributed by atoms with Gasteiger partial charge in [-0.25, -0.2) is 0 Å². The summed E-state index contributed by atoms with van der Waals surface area (Å²) in [6.07, 6.45) is 2.62. The van der Waals surface area contributed by atoms with Crippen LogP contribution in [0.2, 0.25) is 10.0 Å². The molecule has 0 unspecified atom stereocenters. The Kier molecular flexibility index (Phi) is 9.87. The maximum absolute atomic E-state index is 13.8. The highest BCUT2D eigenvalue weighted by Crippen LogP contribution is 2.23. The third-order valence-corrected chi connectivity index (χ3v) is 6.96. The first-order chi connectivity index (χ1) is 18.9. The number of hydrogen-bond acceptors (Lipinski definition) is 4. The van der Waals surface area contributed by atoms with E-state index in [9.17, 15) is 9.59 Å². The van der Waals surface area contributed by atoms with Crippen LogP contribution >= 0.6 is 23.2 Å². The number of carbonyl (C=O) groups is 2. The molecule has 1 N–H and O–H groups in total. The second-order valence-electron chi connectivity index (χ2n) is 9.11. The van der Waals surface area contributed by atoms with Crippen LogP contribution < -0.4 is 4.74 Å². The molecule has 4 rings (SSSR count). The van der Waals surface area contributed by atoms with Crippen molar-refractivity contribution >= 4 is 45.9 Å². The molecule has 0 aliphatic carbocycles. The minimum atomic E-state index is -0.348. The maximum Gasteiger partial charge on any atom is 0.254 e. The number of H-pyrrole nitrogens is 1. The Morgan fingerprint density at radius 3 is 2.33 bits per heavy atom. The average molecular weight is 569 g/mol. The summed E-state index contributed by atoms with van der Waals surface area (Å²) in [5, 5.41) is 1.82. The molecule has 0 spiro atoms. The average Bonchev–Trinajstić information content (AvgIpc) is 3.35. The predicted octanol–water partition coefficient (Wildman–Crippen LogP) is 5.84. The topological polar surface area (TPSA) is 74.9 Å². The van der Waals surface area contributed by atoms with E-state index in [0.717, 1.165) is 22.0 Å². The fraction of sp³-hybridized carbons (Fsp3) is 0.267. The Morgan fingerprint density at radius 1 is 0.872 bits per heavy atom. The molecule has 1 aromatic heterocycles. The molecule has 39 heavy (non-hydrogen) atoms. The van der Waals surface area contributed by atoms with Gasteiger partial charge >= 0.3 is 0 Å². The molecule has 204 valence electrons. The molecular formula is C30H31Cl2N3O4. The summed E-state index contributed by atoms with van der Waals surface area (Å²) < 4.78 is 10.8. The number of halogens is 2. The number of hydrogen-bond donors (Lipinski definition) is 1. The number of aromatic amines is 1. The third kappa shape index (κ3) is 7.32. The van der Waals surface area contributed by atoms with Gasteiger partial charge in [0, 0.05) is 65.0 Å². The van der Waals surface area contributed by atoms with Gasteiger partial charge in [-0.1, -0.05) is 59.6 Å². The van der Waals surface area contributed by atoms with Crippen LogP contribution in [0, 0.1) is 0 Å². The second kappa shape index (κ2) is 13.5. The van der Waals surface area contributed by atoms with Gasteiger partial charge in [-0.15, -0.1) is 0 Å². The van der Waals surface area contributed by atoms with Crippen molar-refractivity contribution < 1.29 is 19.1 Å². The fourth-order valence-electron chi connectivity index (χ4n) is 4.50. The van der Waals surface area contributed by atoms with Crippen molar-refractivity contribution in [1.29, 1.82) is 0 Å². The molecule has 9 heteroatoms. The molecule has 2 amide bonds. The van der Waals surface area contributed by atoms with Gasteiger partial charge in [0.1, 0.15) is 12.3 Å². The van der Waals surface area contributed by atoms with E-state index < -0.39 is 0 Å². The highest BCUT2D eigenvalue weighted by molar-refractivity contribution is 6.35. The summed E-state index contributed by atoms with van der Waals surface area (Å²) in [4.78, 5) is 33.7. The first-order valence-electron chi connectivity index (χ1n) is 12.6. The number of methoxy groups -OCH3 is 2. The number of nitrogens with one attached hydrogen (secondary N) is 1. The zero-order chi connectivity index (χ0) is 27.8. The predicted molar refractivity (Wildman–Crippen MR) is 155 cm³/mol. The Labute approximate surface area is 238 Å². The SMILES string of the molecule is COCCN(CC(=O)N(CCc1c[nH]c2ccccc12)Cc1ccccc1OC)C(=O)c1cc(Cl)cc(Cl)c1. The van der Waals surface area contributed by atoms with Crippen LogP contribution in [0.25, 0.3) is 10.9 Å². The molecule has 3 aromatic carbocycles. The lowest BCUT2D eigenvalue weighted by molar-refractivity contribution is -0.132. The zero-order valence-electron chi connectivity index (χ0n) is 22.0. The highest BCUT2D eigenvalue weighted by atomic mass is 35.5. The first-order valence-corrected chi connectivity index (χ1v) is 13.3. The molecule has 0 saturated heterocycles. The Hall–Kier alpha value is -3.52. The Morgan fingerprint density at radius 2 is 1.59 bits per heavy atom. The van der Waals surface area contributed by atoms with E-state index >= 15 is 0 Å². The zero-order valence-corrected chi connectivity index (χ0v) is 23.5. The van der Waals surface area contributed by atoms with Gasteiger partial charge < -0.3 is 24.3 Å². The summed E-state index contributed by atoms with van der Waals surface area (Å²) in [5.74, 6) is 0.153. The fourth-order valence-corrected chi connectivity index (χ4v) is 5.03. The number of nitrogens with zero attached hydrogens (tertiary/aromatic N) is 2. The molecule has 0 aliphatic heterocycles. The second-order valence-corrected chi connectivity index (χ2v) is 9.99. The number of amides is 2. The van der Waals surface area contributed by atoms with Crippen molar-refractivity contribution in [2.75, 3.05) is 40.5 Å². The van der Waals surface area contributed by atoms with E-state index in [0.29, 0.717) is 40.9 Å². The number of ether oxygens (including phenoxy) is 2. The summed E-state index contributed by atoms with van der Waals surface area (Å²) in [6, 6.07) is 20.3. The van der Waals surface area contributed by atoms with Gasteiger partial charge in [0.2, 0.25) is 5.91 Å². The van der Waals surface area contributed by atoms with Crippen molar-refractivity contribution in [3.63, 3.8) is 0 Å². The number of aromatic nitrogens is 1. The number of fused-ring (bicyclic) bond motifs is 1. The number of rotatable bonds is 12. The van der Waals surface area contributed by atoms with Crippen molar-refractivity contribution in [3.8, 4) is 5.75 Å². The molecule has 1 heterocycles. The number of benzene rings is 3. The lowest BCUT2D eigenvalue weighted by Gasteiger charge is -2.28. The van der Waals surface area contributed by atoms with E-state index in [1.54, 1.807) is 37.3 Å². The standard InChI is InChI=1S/C30H31Cl2N3O4/c1-38-14-13-35(30(37)23-15-24(31)17-25(32)16-23)20-29(36)34(19-22-7-3-6-10-28(22)39-2)12-11-21-18-33-27-9-5-4-8-26(21)27/h3-10,15-18,33H,11-14,19-20H2,1-2H3. The lowest BCUT2D eigenvalue weighted by Crippen LogP contribution is -2.44. The van der Waals surface area contributed by atoms with E-state index in [1.165, 1.54) is 4.90 Å². The van der Waals surface area contributed by atoms with E-state index in [-0.39, 0.29) is 31.5 Å². The molecule has 4 aromatic rings. The largest absolute Gasteiger partial charge is 0.496 e. The molecular weight excluding hydrogens is 537 g/mol. The summed E-state index contributed by atoms with van der Waals surface area (Å²) >= 11 is 12.3. The van der Waals surface area contributed by atoms with Gasteiger partial charge in [-0.05, 0) is 42.3 Å². The third-order valence-electron chi connectivity index (χ3n) is 6.52. The molecule has 0 aliphatic rings. The quantitative estimate of drug-likeness (QED) is 0.233. The summed E-state index contributed by atoms with van der Waals surface area (Å²) in [6.45, 7) is 1.16. The van der Waals surface area contributed by atoms with Gasteiger partial charge in [0.15, 0.2) is 0 Å². The lowest BCUT2D eigenvalue weighted by atomic mass is 10.1. The smallest absolute Gasteiger partial charge is 0.254 e. The molecule has 0 saturated carbocycles.